The normalized spacial score (nSPS) is 12.5. The molecular weight excluding hydrogens is 608 g/mol. The quantitative estimate of drug-likeness (QED) is 0.151. The second kappa shape index (κ2) is 11.2. The molecular formula is C18H18CuN4O11S3. The molecule has 1 radical (unpaired) electrons. The van der Waals surface area contributed by atoms with Crippen molar-refractivity contribution in [2.45, 2.75) is 16.7 Å². The van der Waals surface area contributed by atoms with E-state index in [1.165, 1.54) is 31.2 Å². The Morgan fingerprint density at radius 3 is 2.08 bits per heavy atom. The van der Waals surface area contributed by atoms with Gasteiger partial charge in [0.15, 0.2) is 15.5 Å². The fourth-order valence-corrected chi connectivity index (χ4v) is 4.80. The van der Waals surface area contributed by atoms with Gasteiger partial charge < -0.3 is 10.2 Å². The predicted octanol–water partition coefficient (Wildman–Crippen LogP) is 1.84. The summed E-state index contributed by atoms with van der Waals surface area (Å²) in [4.78, 5) is -0.729. The van der Waals surface area contributed by atoms with Crippen molar-refractivity contribution in [3.05, 3.63) is 48.2 Å². The van der Waals surface area contributed by atoms with E-state index in [2.05, 4.69) is 19.5 Å². The van der Waals surface area contributed by atoms with Gasteiger partial charge in [-0.1, -0.05) is 0 Å². The Morgan fingerprint density at radius 2 is 1.51 bits per heavy atom. The van der Waals surface area contributed by atoms with Gasteiger partial charge in [0.2, 0.25) is 5.88 Å². The van der Waals surface area contributed by atoms with E-state index < -0.39 is 59.2 Å². The monoisotopic (exact) mass is 625 g/mol. The number of phenolic OH excluding ortho intramolecular Hbond substituents is 1. The predicted molar refractivity (Wildman–Crippen MR) is 122 cm³/mol. The van der Waals surface area contributed by atoms with Crippen LogP contribution in [0.25, 0.3) is 5.69 Å². The van der Waals surface area contributed by atoms with Gasteiger partial charge in [-0.2, -0.15) is 26.6 Å². The SMILES string of the molecule is Cc1nn(-c2ccc(S(=O)(=O)CCOS(=O)(=O)O)cc2)c(O)c1N=Nc1cc(S(=O)(=O)O)ccc1O.[Cu]. The summed E-state index contributed by atoms with van der Waals surface area (Å²) in [7, 11) is -13.3. The van der Waals surface area contributed by atoms with Gasteiger partial charge in [0.25, 0.3) is 10.1 Å². The molecule has 1 aromatic heterocycles. The number of nitrogens with zero attached hydrogens (tertiary/aromatic N) is 4. The first kappa shape index (κ1) is 30.3. The van der Waals surface area contributed by atoms with Crippen LogP contribution in [0.1, 0.15) is 5.69 Å². The maximum atomic E-state index is 12.3. The zero-order chi connectivity index (χ0) is 26.9. The van der Waals surface area contributed by atoms with Crippen LogP contribution in [0.15, 0.2) is 62.5 Å². The van der Waals surface area contributed by atoms with Crippen LogP contribution >= 0.6 is 0 Å². The van der Waals surface area contributed by atoms with E-state index in [1.54, 1.807) is 0 Å². The van der Waals surface area contributed by atoms with Gasteiger partial charge in [-0.3, -0.25) is 9.11 Å². The molecule has 0 aliphatic carbocycles. The Hall–Kier alpha value is -2.90. The average molecular weight is 626 g/mol. The maximum absolute atomic E-state index is 12.3. The first-order chi connectivity index (χ1) is 16.6. The van der Waals surface area contributed by atoms with E-state index >= 15 is 0 Å². The molecule has 0 atom stereocenters. The Kier molecular flexibility index (Phi) is 9.21. The fraction of sp³-hybridized carbons (Fsp3) is 0.167. The smallest absolute Gasteiger partial charge is 0.397 e. The average Bonchev–Trinajstić information content (AvgIpc) is 3.05. The summed E-state index contributed by atoms with van der Waals surface area (Å²) in [5, 5.41) is 32.0. The molecule has 4 N–H and O–H groups in total. The number of aromatic nitrogens is 2. The van der Waals surface area contributed by atoms with E-state index in [9.17, 15) is 35.5 Å². The molecule has 205 valence electrons. The molecule has 1 heterocycles. The van der Waals surface area contributed by atoms with Crippen molar-refractivity contribution in [1.82, 2.24) is 9.78 Å². The van der Waals surface area contributed by atoms with E-state index in [0.717, 1.165) is 22.9 Å². The van der Waals surface area contributed by atoms with Gasteiger partial charge in [-0.15, -0.1) is 10.2 Å². The molecule has 0 unspecified atom stereocenters. The number of sulfone groups is 1. The van der Waals surface area contributed by atoms with Crippen LogP contribution in [0.5, 0.6) is 11.6 Å². The molecule has 2 aromatic carbocycles. The number of benzene rings is 2. The fourth-order valence-electron chi connectivity index (χ4n) is 2.81. The minimum Gasteiger partial charge on any atom is -0.506 e. The van der Waals surface area contributed by atoms with Crippen LogP contribution in [0.3, 0.4) is 0 Å². The standard InChI is InChI=1S/C18H18N4O11S3.Cu/c1-11-17(20-19-15-10-14(35(27,28)29)6-7-16(15)23)18(24)22(21-11)12-2-4-13(5-3-12)34(25,26)9-8-33-36(30,31)32;/h2-7,10,23-24H,8-9H2,1H3,(H,27,28,29)(H,30,31,32);. The van der Waals surface area contributed by atoms with Crippen LogP contribution in [-0.2, 0) is 51.6 Å². The van der Waals surface area contributed by atoms with Crippen LogP contribution in [0.4, 0.5) is 11.4 Å². The Morgan fingerprint density at radius 1 is 0.919 bits per heavy atom. The van der Waals surface area contributed by atoms with Gasteiger partial charge in [0, 0.05) is 17.1 Å². The minimum absolute atomic E-state index is 0. The zero-order valence-corrected chi connectivity index (χ0v) is 21.8. The molecule has 0 aliphatic rings. The molecule has 37 heavy (non-hydrogen) atoms. The summed E-state index contributed by atoms with van der Waals surface area (Å²) in [6.07, 6.45) is 0. The summed E-state index contributed by atoms with van der Waals surface area (Å²) in [5.74, 6) is -1.69. The largest absolute Gasteiger partial charge is 0.506 e. The van der Waals surface area contributed by atoms with Gasteiger partial charge in [0.05, 0.1) is 33.5 Å². The molecule has 0 bridgehead atoms. The van der Waals surface area contributed by atoms with Crippen molar-refractivity contribution < 1.29 is 65.8 Å². The van der Waals surface area contributed by atoms with Crippen molar-refractivity contribution in [3.8, 4) is 17.3 Å². The molecule has 19 heteroatoms. The van der Waals surface area contributed by atoms with E-state index in [-0.39, 0.29) is 44.7 Å². The second-order valence-corrected chi connectivity index (χ2v) is 11.7. The Bertz CT molecular complexity index is 1650. The molecule has 0 saturated carbocycles. The molecule has 0 saturated heterocycles. The molecule has 0 fully saturated rings. The van der Waals surface area contributed by atoms with Crippen molar-refractivity contribution >= 4 is 41.7 Å². The minimum atomic E-state index is -4.78. The topological polar surface area (TPSA) is 235 Å². The summed E-state index contributed by atoms with van der Waals surface area (Å²) < 4.78 is 91.0. The summed E-state index contributed by atoms with van der Waals surface area (Å²) in [5.41, 5.74) is -0.0860. The number of hydrogen-bond acceptors (Lipinski definition) is 12. The van der Waals surface area contributed by atoms with Crippen LogP contribution < -0.4 is 0 Å². The van der Waals surface area contributed by atoms with Crippen molar-refractivity contribution in [3.63, 3.8) is 0 Å². The number of azo groups is 1. The van der Waals surface area contributed by atoms with Gasteiger partial charge in [0.1, 0.15) is 11.4 Å². The van der Waals surface area contributed by atoms with Crippen molar-refractivity contribution in [2.75, 3.05) is 12.4 Å². The third-order valence-electron chi connectivity index (χ3n) is 4.53. The Balaban J connectivity index is 0.00000481. The van der Waals surface area contributed by atoms with Gasteiger partial charge in [-0.05, 0) is 49.4 Å². The number of rotatable bonds is 9. The number of aromatic hydroxyl groups is 2. The van der Waals surface area contributed by atoms with Gasteiger partial charge in [-0.25, -0.2) is 12.6 Å². The number of phenols is 1. The molecule has 3 rings (SSSR count). The van der Waals surface area contributed by atoms with Crippen molar-refractivity contribution in [2.24, 2.45) is 10.2 Å². The third kappa shape index (κ3) is 7.55. The number of aryl methyl sites for hydroxylation is 1. The summed E-state index contributed by atoms with van der Waals surface area (Å²) >= 11 is 0. The van der Waals surface area contributed by atoms with E-state index in [1.807, 2.05) is 0 Å². The van der Waals surface area contributed by atoms with Crippen LogP contribution in [0.2, 0.25) is 0 Å². The summed E-state index contributed by atoms with van der Waals surface area (Å²) in [6, 6.07) is 7.75. The molecule has 0 amide bonds. The third-order valence-corrected chi connectivity index (χ3v) is 7.54. The maximum Gasteiger partial charge on any atom is 0.397 e. The van der Waals surface area contributed by atoms with Crippen LogP contribution in [-0.4, -0.2) is 66.7 Å². The number of hydrogen-bond donors (Lipinski definition) is 4. The first-order valence-corrected chi connectivity index (χ1v) is 14.0. The van der Waals surface area contributed by atoms with Gasteiger partial charge >= 0.3 is 10.4 Å². The summed E-state index contributed by atoms with van der Waals surface area (Å²) in [6.45, 7) is 0.673. The first-order valence-electron chi connectivity index (χ1n) is 9.54. The zero-order valence-electron chi connectivity index (χ0n) is 18.4. The molecule has 3 aromatic rings. The molecule has 15 nitrogen and oxygen atoms in total. The van der Waals surface area contributed by atoms with E-state index in [4.69, 9.17) is 9.11 Å². The molecule has 0 aliphatic heterocycles. The van der Waals surface area contributed by atoms with Crippen molar-refractivity contribution in [1.29, 1.82) is 0 Å². The second-order valence-electron chi connectivity index (χ2n) is 7.06. The Labute approximate surface area is 221 Å². The van der Waals surface area contributed by atoms with E-state index in [0.29, 0.717) is 0 Å². The molecule has 0 spiro atoms. The van der Waals surface area contributed by atoms with Crippen LogP contribution in [0, 0.1) is 6.92 Å².